The van der Waals surface area contributed by atoms with Gasteiger partial charge in [-0.25, -0.2) is 9.78 Å². The zero-order chi connectivity index (χ0) is 24.9. The summed E-state index contributed by atoms with van der Waals surface area (Å²) in [6, 6.07) is 18.1. The number of aromatic nitrogens is 1. The first-order valence-electron chi connectivity index (χ1n) is 11.6. The molecule has 182 valence electrons. The maximum atomic E-state index is 11.8. The number of rotatable bonds is 8. The first-order chi connectivity index (χ1) is 16.9. The van der Waals surface area contributed by atoms with Crippen LogP contribution in [0.5, 0.6) is 11.5 Å². The molecule has 0 aliphatic heterocycles. The van der Waals surface area contributed by atoms with Gasteiger partial charge in [0.2, 0.25) is 0 Å². The summed E-state index contributed by atoms with van der Waals surface area (Å²) in [4.78, 5) is 16.6. The van der Waals surface area contributed by atoms with Crippen molar-refractivity contribution in [1.82, 2.24) is 10.3 Å². The van der Waals surface area contributed by atoms with E-state index in [2.05, 4.69) is 22.8 Å². The first-order valence-corrected chi connectivity index (χ1v) is 11.6. The molecule has 0 spiro atoms. The van der Waals surface area contributed by atoms with Gasteiger partial charge >= 0.3 is 6.09 Å². The smallest absolute Gasteiger partial charge is 0.407 e. The summed E-state index contributed by atoms with van der Waals surface area (Å²) in [5.74, 6) is 1.54. The predicted octanol–water partition coefficient (Wildman–Crippen LogP) is 6.13. The first kappa shape index (κ1) is 24.1. The number of nitrogens with one attached hydrogen (secondary N) is 2. The molecule has 3 aromatic carbocycles. The van der Waals surface area contributed by atoms with Crippen molar-refractivity contribution in [3.63, 3.8) is 0 Å². The van der Waals surface area contributed by atoms with Crippen LogP contribution in [-0.2, 0) is 11.2 Å². The Kier molecular flexibility index (Phi) is 7.25. The minimum absolute atomic E-state index is 0.0450. The maximum Gasteiger partial charge on any atom is 0.407 e. The molecule has 4 rings (SSSR count). The van der Waals surface area contributed by atoms with Gasteiger partial charge in [0, 0.05) is 41.1 Å². The Balaban J connectivity index is 1.68. The standard InChI is InChI=1S/C28H31N3O4/c1-17(2)29-28(32)35-12-11-19-7-6-8-20(14-19)30-27-22-10-9-21(33-4)15-24(22)31-25-16-26(34-5)18(3)13-23(25)27/h6-10,13-17H,11-12H2,1-5H3,(H,29,32)(H,30,31). The topological polar surface area (TPSA) is 81.7 Å². The molecule has 0 aliphatic rings. The highest BCUT2D eigenvalue weighted by Crippen LogP contribution is 2.37. The lowest BCUT2D eigenvalue weighted by Crippen LogP contribution is -2.31. The predicted molar refractivity (Wildman–Crippen MR) is 140 cm³/mol. The maximum absolute atomic E-state index is 11.8. The number of anilines is 2. The van der Waals surface area contributed by atoms with Gasteiger partial charge in [0.25, 0.3) is 0 Å². The third-order valence-electron chi connectivity index (χ3n) is 5.72. The Hall–Kier alpha value is -4.00. The third-order valence-corrected chi connectivity index (χ3v) is 5.72. The summed E-state index contributed by atoms with van der Waals surface area (Å²) in [7, 11) is 3.31. The molecule has 0 radical (unpaired) electrons. The van der Waals surface area contributed by atoms with E-state index in [0.29, 0.717) is 13.0 Å². The van der Waals surface area contributed by atoms with Gasteiger partial charge in [0.15, 0.2) is 0 Å². The van der Waals surface area contributed by atoms with E-state index in [0.717, 1.165) is 55.8 Å². The van der Waals surface area contributed by atoms with Crippen molar-refractivity contribution in [3.05, 3.63) is 65.7 Å². The van der Waals surface area contributed by atoms with Crippen LogP contribution in [0.3, 0.4) is 0 Å². The lowest BCUT2D eigenvalue weighted by Gasteiger charge is -2.16. The normalized spacial score (nSPS) is 11.0. The number of hydrogen-bond donors (Lipinski definition) is 2. The number of carbonyl (C=O) groups excluding carboxylic acids is 1. The van der Waals surface area contributed by atoms with E-state index < -0.39 is 6.09 Å². The summed E-state index contributed by atoms with van der Waals surface area (Å²) >= 11 is 0. The average molecular weight is 474 g/mol. The molecule has 0 unspecified atom stereocenters. The summed E-state index contributed by atoms with van der Waals surface area (Å²) in [6.07, 6.45) is 0.220. The molecule has 0 saturated heterocycles. The van der Waals surface area contributed by atoms with Crippen molar-refractivity contribution in [3.8, 4) is 11.5 Å². The van der Waals surface area contributed by atoms with Crippen LogP contribution in [0.4, 0.5) is 16.2 Å². The quantitative estimate of drug-likeness (QED) is 0.299. The van der Waals surface area contributed by atoms with E-state index >= 15 is 0 Å². The lowest BCUT2D eigenvalue weighted by atomic mass is 10.0. The molecule has 0 aliphatic carbocycles. The second kappa shape index (κ2) is 10.5. The lowest BCUT2D eigenvalue weighted by molar-refractivity contribution is 0.145. The molecule has 0 atom stereocenters. The largest absolute Gasteiger partial charge is 0.497 e. The Morgan fingerprint density at radius 2 is 1.77 bits per heavy atom. The Labute approximate surface area is 205 Å². The number of ether oxygens (including phenoxy) is 3. The van der Waals surface area contributed by atoms with Gasteiger partial charge in [0.05, 0.1) is 37.5 Å². The molecular weight excluding hydrogens is 442 g/mol. The van der Waals surface area contributed by atoms with E-state index in [4.69, 9.17) is 19.2 Å². The van der Waals surface area contributed by atoms with Crippen molar-refractivity contribution in [2.75, 3.05) is 26.1 Å². The molecule has 1 amide bonds. The minimum atomic E-state index is -0.398. The van der Waals surface area contributed by atoms with E-state index in [1.54, 1.807) is 14.2 Å². The fraction of sp³-hybridized carbons (Fsp3) is 0.286. The molecule has 0 bridgehead atoms. The van der Waals surface area contributed by atoms with Crippen LogP contribution in [0, 0.1) is 6.92 Å². The van der Waals surface area contributed by atoms with Gasteiger partial charge in [-0.1, -0.05) is 12.1 Å². The van der Waals surface area contributed by atoms with E-state index in [9.17, 15) is 4.79 Å². The second-order valence-electron chi connectivity index (χ2n) is 8.72. The van der Waals surface area contributed by atoms with Crippen molar-refractivity contribution in [1.29, 1.82) is 0 Å². The molecule has 1 aromatic heterocycles. The summed E-state index contributed by atoms with van der Waals surface area (Å²) in [6.45, 7) is 6.13. The number of carbonyl (C=O) groups is 1. The summed E-state index contributed by atoms with van der Waals surface area (Å²) < 4.78 is 16.2. The van der Waals surface area contributed by atoms with Crippen LogP contribution in [0.1, 0.15) is 25.0 Å². The fourth-order valence-electron chi connectivity index (χ4n) is 4.03. The number of hydrogen-bond acceptors (Lipinski definition) is 6. The van der Waals surface area contributed by atoms with Crippen LogP contribution in [-0.4, -0.2) is 37.9 Å². The number of aryl methyl sites for hydroxylation is 1. The molecule has 7 nitrogen and oxygen atoms in total. The van der Waals surface area contributed by atoms with Crippen molar-refractivity contribution in [2.45, 2.75) is 33.2 Å². The Bertz CT molecular complexity index is 1370. The SMILES string of the molecule is COc1ccc2c(Nc3cccc(CCOC(=O)NC(C)C)c3)c3cc(C)c(OC)cc3nc2c1. The summed E-state index contributed by atoms with van der Waals surface area (Å²) in [5, 5.41) is 8.33. The van der Waals surface area contributed by atoms with E-state index in [-0.39, 0.29) is 6.04 Å². The van der Waals surface area contributed by atoms with Gasteiger partial charge in [-0.3, -0.25) is 0 Å². The van der Waals surface area contributed by atoms with Crippen molar-refractivity contribution in [2.24, 2.45) is 0 Å². The van der Waals surface area contributed by atoms with Crippen LogP contribution in [0.15, 0.2) is 54.6 Å². The van der Waals surface area contributed by atoms with Gasteiger partial charge < -0.3 is 24.8 Å². The van der Waals surface area contributed by atoms with Gasteiger partial charge in [-0.15, -0.1) is 0 Å². The highest BCUT2D eigenvalue weighted by Gasteiger charge is 2.14. The Morgan fingerprint density at radius 3 is 2.51 bits per heavy atom. The van der Waals surface area contributed by atoms with Crippen molar-refractivity contribution < 1.29 is 19.0 Å². The number of fused-ring (bicyclic) bond motifs is 2. The monoisotopic (exact) mass is 473 g/mol. The molecule has 4 aromatic rings. The van der Waals surface area contributed by atoms with Crippen LogP contribution < -0.4 is 20.1 Å². The molecule has 0 saturated carbocycles. The van der Waals surface area contributed by atoms with E-state index in [1.807, 2.05) is 63.2 Å². The van der Waals surface area contributed by atoms with Gasteiger partial charge in [-0.2, -0.15) is 0 Å². The zero-order valence-electron chi connectivity index (χ0n) is 20.8. The second-order valence-corrected chi connectivity index (χ2v) is 8.72. The van der Waals surface area contributed by atoms with Gasteiger partial charge in [-0.05, 0) is 62.2 Å². The molecule has 35 heavy (non-hydrogen) atoms. The molecule has 1 heterocycles. The Morgan fingerprint density at radius 1 is 0.971 bits per heavy atom. The van der Waals surface area contributed by atoms with Crippen LogP contribution >= 0.6 is 0 Å². The van der Waals surface area contributed by atoms with Crippen LogP contribution in [0.25, 0.3) is 21.8 Å². The number of amides is 1. The highest BCUT2D eigenvalue weighted by atomic mass is 16.5. The number of alkyl carbamates (subject to hydrolysis) is 1. The van der Waals surface area contributed by atoms with Crippen molar-refractivity contribution >= 4 is 39.3 Å². The summed E-state index contributed by atoms with van der Waals surface area (Å²) in [5.41, 5.74) is 5.65. The molecular formula is C28H31N3O4. The fourth-order valence-corrected chi connectivity index (χ4v) is 4.03. The minimum Gasteiger partial charge on any atom is -0.497 e. The van der Waals surface area contributed by atoms with Gasteiger partial charge in [0.1, 0.15) is 11.5 Å². The number of methoxy groups -OCH3 is 2. The van der Waals surface area contributed by atoms with E-state index in [1.165, 1.54) is 0 Å². The highest BCUT2D eigenvalue weighted by molar-refractivity contribution is 6.09. The number of nitrogens with zero attached hydrogens (tertiary/aromatic N) is 1. The number of benzene rings is 3. The average Bonchev–Trinajstić information content (AvgIpc) is 2.83. The number of pyridine rings is 1. The molecule has 2 N–H and O–H groups in total. The zero-order valence-corrected chi connectivity index (χ0v) is 20.8. The third kappa shape index (κ3) is 5.57. The molecule has 7 heteroatoms. The molecule has 0 fully saturated rings. The van der Waals surface area contributed by atoms with Crippen LogP contribution in [0.2, 0.25) is 0 Å².